The van der Waals surface area contributed by atoms with Crippen molar-refractivity contribution in [1.82, 2.24) is 20.2 Å². The minimum absolute atomic E-state index is 0.614. The minimum atomic E-state index is 0.614. The van der Waals surface area contributed by atoms with Crippen LogP contribution in [0, 0.1) is 6.92 Å². The Kier molecular flexibility index (Phi) is 3.12. The molecule has 0 fully saturated rings. The number of rotatable bonds is 2. The van der Waals surface area contributed by atoms with Crippen molar-refractivity contribution in [3.05, 3.63) is 53.1 Å². The van der Waals surface area contributed by atoms with Crippen molar-refractivity contribution in [2.45, 2.75) is 6.92 Å². The summed E-state index contributed by atoms with van der Waals surface area (Å²) in [5, 5.41) is 12.5. The summed E-state index contributed by atoms with van der Waals surface area (Å²) in [6.07, 6.45) is 0. The van der Waals surface area contributed by atoms with Crippen LogP contribution >= 0.6 is 11.6 Å². The number of halogens is 1. The van der Waals surface area contributed by atoms with Crippen LogP contribution in [0.25, 0.3) is 17.1 Å². The highest BCUT2D eigenvalue weighted by atomic mass is 35.5. The van der Waals surface area contributed by atoms with Crippen molar-refractivity contribution in [2.24, 2.45) is 0 Å². The van der Waals surface area contributed by atoms with Crippen molar-refractivity contribution in [3.8, 4) is 17.1 Å². The van der Waals surface area contributed by atoms with Crippen molar-refractivity contribution in [1.29, 1.82) is 0 Å². The van der Waals surface area contributed by atoms with E-state index in [1.165, 1.54) is 0 Å². The van der Waals surface area contributed by atoms with Gasteiger partial charge in [0.1, 0.15) is 0 Å². The van der Waals surface area contributed by atoms with Crippen LogP contribution in [-0.2, 0) is 0 Å². The van der Waals surface area contributed by atoms with Crippen molar-refractivity contribution in [3.63, 3.8) is 0 Å². The Morgan fingerprint density at radius 3 is 2.55 bits per heavy atom. The lowest BCUT2D eigenvalue weighted by atomic mass is 10.1. The summed E-state index contributed by atoms with van der Waals surface area (Å²) in [5.74, 6) is 0.614. The van der Waals surface area contributed by atoms with Crippen LogP contribution in [0.1, 0.15) is 5.56 Å². The molecule has 0 atom stereocenters. The number of anilines is 1. The molecule has 6 heteroatoms. The average molecular weight is 286 g/mol. The first-order valence-electron chi connectivity index (χ1n) is 6.06. The summed E-state index contributed by atoms with van der Waals surface area (Å²) in [7, 11) is 0. The zero-order valence-electron chi connectivity index (χ0n) is 10.8. The Labute approximate surface area is 121 Å². The topological polar surface area (TPSA) is 69.6 Å². The first-order chi connectivity index (χ1) is 9.66. The van der Waals surface area contributed by atoms with Gasteiger partial charge in [-0.1, -0.05) is 23.7 Å². The second-order valence-corrected chi connectivity index (χ2v) is 4.87. The van der Waals surface area contributed by atoms with Gasteiger partial charge in [0.25, 0.3) is 0 Å². The summed E-state index contributed by atoms with van der Waals surface area (Å²) >= 11 is 5.90. The van der Waals surface area contributed by atoms with Gasteiger partial charge in [-0.15, -0.1) is 5.10 Å². The van der Waals surface area contributed by atoms with Crippen molar-refractivity contribution in [2.75, 3.05) is 5.73 Å². The van der Waals surface area contributed by atoms with Gasteiger partial charge in [0.2, 0.25) is 0 Å². The molecule has 0 unspecified atom stereocenters. The second-order valence-electron chi connectivity index (χ2n) is 4.43. The molecule has 0 radical (unpaired) electrons. The van der Waals surface area contributed by atoms with Gasteiger partial charge >= 0.3 is 0 Å². The van der Waals surface area contributed by atoms with E-state index in [0.29, 0.717) is 16.5 Å². The number of hydrogen-bond donors (Lipinski definition) is 1. The maximum absolute atomic E-state index is 6.05. The van der Waals surface area contributed by atoms with Crippen LogP contribution in [-0.4, -0.2) is 20.2 Å². The van der Waals surface area contributed by atoms with E-state index in [0.717, 1.165) is 16.8 Å². The van der Waals surface area contributed by atoms with E-state index < -0.39 is 0 Å². The molecule has 0 saturated heterocycles. The smallest absolute Gasteiger partial charge is 0.189 e. The van der Waals surface area contributed by atoms with Crippen LogP contribution < -0.4 is 5.73 Å². The molecule has 5 nitrogen and oxygen atoms in total. The Bertz CT molecular complexity index is 728. The van der Waals surface area contributed by atoms with E-state index >= 15 is 0 Å². The molecule has 0 aliphatic carbocycles. The predicted molar refractivity (Wildman–Crippen MR) is 78.7 cm³/mol. The van der Waals surface area contributed by atoms with Crippen LogP contribution in [0.3, 0.4) is 0 Å². The average Bonchev–Trinajstić information content (AvgIpc) is 2.88. The SMILES string of the molecule is Cc1cccc(N)c1-c1nnnn1-c1ccc(Cl)cc1. The molecular formula is C14H12ClN5. The summed E-state index contributed by atoms with van der Waals surface area (Å²) < 4.78 is 1.65. The standard InChI is InChI=1S/C14H12ClN5/c1-9-3-2-4-12(16)13(9)14-17-18-19-20(14)11-7-5-10(15)6-8-11/h2-8H,16H2,1H3. The molecule has 1 heterocycles. The van der Waals surface area contributed by atoms with E-state index in [-0.39, 0.29) is 0 Å². The fourth-order valence-electron chi connectivity index (χ4n) is 2.10. The Hall–Kier alpha value is -2.40. The van der Waals surface area contributed by atoms with Gasteiger partial charge in [-0.3, -0.25) is 0 Å². The number of benzene rings is 2. The highest BCUT2D eigenvalue weighted by Gasteiger charge is 2.15. The molecule has 100 valence electrons. The molecule has 0 aliphatic heterocycles. The highest BCUT2D eigenvalue weighted by molar-refractivity contribution is 6.30. The fourth-order valence-corrected chi connectivity index (χ4v) is 2.22. The minimum Gasteiger partial charge on any atom is -0.398 e. The van der Waals surface area contributed by atoms with Gasteiger partial charge in [-0.25, -0.2) is 0 Å². The Balaban J connectivity index is 2.18. The van der Waals surface area contributed by atoms with Gasteiger partial charge < -0.3 is 5.73 Å². The van der Waals surface area contributed by atoms with Gasteiger partial charge in [0.05, 0.1) is 5.69 Å². The zero-order chi connectivity index (χ0) is 14.1. The largest absolute Gasteiger partial charge is 0.398 e. The molecule has 2 aromatic carbocycles. The lowest BCUT2D eigenvalue weighted by Crippen LogP contribution is -2.02. The summed E-state index contributed by atoms with van der Waals surface area (Å²) in [5.41, 5.74) is 9.40. The quantitative estimate of drug-likeness (QED) is 0.735. The van der Waals surface area contributed by atoms with E-state index in [2.05, 4.69) is 15.5 Å². The predicted octanol–water partition coefficient (Wildman–Crippen LogP) is 2.87. The third-order valence-electron chi connectivity index (χ3n) is 3.07. The summed E-state index contributed by atoms with van der Waals surface area (Å²) in [4.78, 5) is 0. The van der Waals surface area contributed by atoms with Crippen LogP contribution in [0.2, 0.25) is 5.02 Å². The maximum atomic E-state index is 6.05. The number of aromatic nitrogens is 4. The maximum Gasteiger partial charge on any atom is 0.189 e. The third kappa shape index (κ3) is 2.12. The lowest BCUT2D eigenvalue weighted by Gasteiger charge is -2.09. The Morgan fingerprint density at radius 1 is 1.10 bits per heavy atom. The first kappa shape index (κ1) is 12.6. The number of nitrogen functional groups attached to an aromatic ring is 1. The molecule has 20 heavy (non-hydrogen) atoms. The number of aryl methyl sites for hydroxylation is 1. The van der Waals surface area contributed by atoms with Crippen molar-refractivity contribution >= 4 is 17.3 Å². The number of nitrogens with zero attached hydrogens (tertiary/aromatic N) is 4. The molecule has 0 aliphatic rings. The highest BCUT2D eigenvalue weighted by Crippen LogP contribution is 2.28. The van der Waals surface area contributed by atoms with Gasteiger partial charge in [0.15, 0.2) is 5.82 Å². The number of nitrogens with two attached hydrogens (primary N) is 1. The van der Waals surface area contributed by atoms with E-state index in [1.54, 1.807) is 16.8 Å². The number of tetrazole rings is 1. The fraction of sp³-hybridized carbons (Fsp3) is 0.0714. The normalized spacial score (nSPS) is 10.7. The molecule has 2 N–H and O–H groups in total. The molecule has 3 aromatic rings. The second kappa shape index (κ2) is 4.94. The van der Waals surface area contributed by atoms with Crippen LogP contribution in [0.15, 0.2) is 42.5 Å². The first-order valence-corrected chi connectivity index (χ1v) is 6.44. The van der Waals surface area contributed by atoms with E-state index in [4.69, 9.17) is 17.3 Å². The van der Waals surface area contributed by atoms with Gasteiger partial charge in [-0.05, 0) is 53.2 Å². The van der Waals surface area contributed by atoms with Crippen molar-refractivity contribution < 1.29 is 0 Å². The molecule has 0 bridgehead atoms. The van der Waals surface area contributed by atoms with E-state index in [1.807, 2.05) is 37.3 Å². The zero-order valence-corrected chi connectivity index (χ0v) is 11.5. The summed E-state index contributed by atoms with van der Waals surface area (Å²) in [6, 6.07) is 13.0. The molecule has 3 rings (SSSR count). The number of hydrogen-bond acceptors (Lipinski definition) is 4. The Morgan fingerprint density at radius 2 is 1.85 bits per heavy atom. The third-order valence-corrected chi connectivity index (χ3v) is 3.32. The van der Waals surface area contributed by atoms with Crippen LogP contribution in [0.5, 0.6) is 0 Å². The van der Waals surface area contributed by atoms with Crippen LogP contribution in [0.4, 0.5) is 5.69 Å². The monoisotopic (exact) mass is 285 g/mol. The molecule has 0 saturated carbocycles. The summed E-state index contributed by atoms with van der Waals surface area (Å²) in [6.45, 7) is 1.98. The molecule has 0 spiro atoms. The van der Waals surface area contributed by atoms with E-state index in [9.17, 15) is 0 Å². The molecular weight excluding hydrogens is 274 g/mol. The molecule has 0 amide bonds. The van der Waals surface area contributed by atoms with Gasteiger partial charge in [0, 0.05) is 16.3 Å². The molecule has 1 aromatic heterocycles. The van der Waals surface area contributed by atoms with Gasteiger partial charge in [-0.2, -0.15) is 4.68 Å². The lowest BCUT2D eigenvalue weighted by molar-refractivity contribution is 0.791.